The Hall–Kier alpha value is -3.86. The van der Waals surface area contributed by atoms with Gasteiger partial charge in [0.15, 0.2) is 0 Å². The number of amides is 1. The van der Waals surface area contributed by atoms with Crippen LogP contribution in [-0.2, 0) is 6.54 Å². The molecule has 1 N–H and O–H groups in total. The van der Waals surface area contributed by atoms with Crippen LogP contribution in [-0.4, -0.2) is 17.6 Å². The van der Waals surface area contributed by atoms with Gasteiger partial charge in [-0.25, -0.2) is 0 Å². The number of nitrogens with zero attached hydrogens (tertiary/aromatic N) is 1. The summed E-state index contributed by atoms with van der Waals surface area (Å²) in [7, 11) is 1.58. The minimum Gasteiger partial charge on any atom is -0.497 e. The van der Waals surface area contributed by atoms with Crippen LogP contribution in [0.1, 0.15) is 21.5 Å². The Labute approximate surface area is 174 Å². The maximum absolute atomic E-state index is 13.1. The Bertz CT molecular complexity index is 1270. The van der Waals surface area contributed by atoms with Gasteiger partial charge in [0.05, 0.1) is 18.4 Å². The van der Waals surface area contributed by atoms with Gasteiger partial charge in [0.2, 0.25) is 0 Å². The van der Waals surface area contributed by atoms with Crippen molar-refractivity contribution < 1.29 is 9.53 Å². The molecule has 0 saturated heterocycles. The van der Waals surface area contributed by atoms with E-state index in [0.29, 0.717) is 34.3 Å². The molecule has 0 aliphatic carbocycles. The number of ether oxygens (including phenoxy) is 1. The van der Waals surface area contributed by atoms with Crippen LogP contribution in [0.25, 0.3) is 16.5 Å². The van der Waals surface area contributed by atoms with Crippen LogP contribution in [0.5, 0.6) is 5.75 Å². The summed E-state index contributed by atoms with van der Waals surface area (Å²) >= 11 is 0. The summed E-state index contributed by atoms with van der Waals surface area (Å²) in [5.41, 5.74) is 3.08. The van der Waals surface area contributed by atoms with E-state index < -0.39 is 0 Å². The van der Waals surface area contributed by atoms with Crippen molar-refractivity contribution in [3.05, 3.63) is 106 Å². The summed E-state index contributed by atoms with van der Waals surface area (Å²) in [5.74, 6) is 0.404. The number of aromatic nitrogens is 1. The van der Waals surface area contributed by atoms with Crippen LogP contribution in [0.4, 0.5) is 0 Å². The fraction of sp³-hybridized carbons (Fsp3) is 0.120. The van der Waals surface area contributed by atoms with Gasteiger partial charge in [-0.05, 0) is 30.7 Å². The number of rotatable bonds is 5. The molecule has 0 spiro atoms. The van der Waals surface area contributed by atoms with Crippen LogP contribution in [0.3, 0.4) is 0 Å². The van der Waals surface area contributed by atoms with E-state index in [4.69, 9.17) is 4.74 Å². The minimum atomic E-state index is -0.233. The quantitative estimate of drug-likeness (QED) is 0.547. The second kappa shape index (κ2) is 8.25. The number of aryl methyl sites for hydroxylation is 1. The topological polar surface area (TPSA) is 60.3 Å². The predicted octanol–water partition coefficient (Wildman–Crippen LogP) is 4.24. The molecule has 1 aromatic heterocycles. The Kier molecular flexibility index (Phi) is 5.35. The molecule has 4 rings (SSSR count). The zero-order valence-electron chi connectivity index (χ0n) is 16.9. The van der Waals surface area contributed by atoms with E-state index in [0.717, 1.165) is 5.56 Å². The summed E-state index contributed by atoms with van der Waals surface area (Å²) in [6, 6.07) is 22.4. The summed E-state index contributed by atoms with van der Waals surface area (Å²) in [5, 5.41) is 4.09. The van der Waals surface area contributed by atoms with E-state index in [1.165, 1.54) is 10.1 Å². The molecule has 0 saturated carbocycles. The second-order valence-corrected chi connectivity index (χ2v) is 7.13. The molecule has 1 amide bonds. The molecule has 150 valence electrons. The highest BCUT2D eigenvalue weighted by Crippen LogP contribution is 2.20. The lowest BCUT2D eigenvalue weighted by Gasteiger charge is -2.13. The van der Waals surface area contributed by atoms with Crippen LogP contribution < -0.4 is 15.6 Å². The van der Waals surface area contributed by atoms with Gasteiger partial charge in [-0.3, -0.25) is 14.2 Å². The summed E-state index contributed by atoms with van der Waals surface area (Å²) in [6.45, 7) is 2.43. The van der Waals surface area contributed by atoms with Crippen molar-refractivity contribution in [2.24, 2.45) is 0 Å². The number of hydrogen-bond donors (Lipinski definition) is 1. The number of carbonyl (C=O) groups is 1. The lowest BCUT2D eigenvalue weighted by Crippen LogP contribution is -2.27. The van der Waals surface area contributed by atoms with E-state index in [-0.39, 0.29) is 11.5 Å². The maximum atomic E-state index is 13.1. The number of carbonyl (C=O) groups excluding carboxylic acids is 1. The highest BCUT2D eigenvalue weighted by molar-refractivity contribution is 6.06. The van der Waals surface area contributed by atoms with Gasteiger partial charge in [0, 0.05) is 29.6 Å². The first-order chi connectivity index (χ1) is 14.6. The molecule has 5 nitrogen and oxygen atoms in total. The third kappa shape index (κ3) is 3.82. The van der Waals surface area contributed by atoms with Gasteiger partial charge >= 0.3 is 0 Å². The fourth-order valence-electron chi connectivity index (χ4n) is 3.41. The number of nitrogens with one attached hydrogen (secondary N) is 1. The Morgan fingerprint density at radius 1 is 0.967 bits per heavy atom. The van der Waals surface area contributed by atoms with E-state index >= 15 is 0 Å². The third-order valence-electron chi connectivity index (χ3n) is 5.07. The van der Waals surface area contributed by atoms with Crippen LogP contribution in [0.15, 0.2) is 83.8 Å². The van der Waals surface area contributed by atoms with E-state index in [2.05, 4.69) is 5.32 Å². The number of fused-ring (bicyclic) bond motifs is 1. The van der Waals surface area contributed by atoms with Crippen molar-refractivity contribution in [2.75, 3.05) is 7.11 Å². The Balaban J connectivity index is 1.76. The zero-order chi connectivity index (χ0) is 21.1. The first kappa shape index (κ1) is 19.5. The predicted molar refractivity (Wildman–Crippen MR) is 118 cm³/mol. The number of benzene rings is 3. The van der Waals surface area contributed by atoms with Crippen molar-refractivity contribution in [2.45, 2.75) is 13.5 Å². The normalized spacial score (nSPS) is 10.7. The van der Waals surface area contributed by atoms with Gasteiger partial charge in [0.25, 0.3) is 11.5 Å². The minimum absolute atomic E-state index is 0.186. The van der Waals surface area contributed by atoms with Gasteiger partial charge < -0.3 is 10.1 Å². The van der Waals surface area contributed by atoms with Gasteiger partial charge in [-0.15, -0.1) is 0 Å². The molecule has 1 heterocycles. The molecule has 0 bridgehead atoms. The van der Waals surface area contributed by atoms with Crippen LogP contribution >= 0.6 is 0 Å². The van der Waals surface area contributed by atoms with E-state index in [9.17, 15) is 9.59 Å². The van der Waals surface area contributed by atoms with Crippen LogP contribution in [0.2, 0.25) is 0 Å². The molecule has 0 aliphatic rings. The zero-order valence-corrected chi connectivity index (χ0v) is 16.9. The van der Waals surface area contributed by atoms with Gasteiger partial charge in [-0.2, -0.15) is 0 Å². The SMILES string of the molecule is COc1cccc(-n2cc(C(=O)NCc3ccc(C)cc3)c3ccccc3c2=O)c1. The smallest absolute Gasteiger partial charge is 0.262 e. The molecule has 4 aromatic rings. The molecule has 3 aromatic carbocycles. The largest absolute Gasteiger partial charge is 0.497 e. The molecule has 0 atom stereocenters. The van der Waals surface area contributed by atoms with Crippen molar-refractivity contribution in [3.63, 3.8) is 0 Å². The van der Waals surface area contributed by atoms with E-state index in [1.54, 1.807) is 37.6 Å². The van der Waals surface area contributed by atoms with Gasteiger partial charge in [-0.1, -0.05) is 54.1 Å². The third-order valence-corrected chi connectivity index (χ3v) is 5.07. The van der Waals surface area contributed by atoms with Crippen molar-refractivity contribution >= 4 is 16.7 Å². The number of pyridine rings is 1. The molecule has 0 aliphatic heterocycles. The summed E-state index contributed by atoms with van der Waals surface area (Å²) in [6.07, 6.45) is 1.60. The molecule has 30 heavy (non-hydrogen) atoms. The summed E-state index contributed by atoms with van der Waals surface area (Å²) in [4.78, 5) is 26.2. The average molecular weight is 398 g/mol. The van der Waals surface area contributed by atoms with Crippen molar-refractivity contribution in [1.82, 2.24) is 9.88 Å². The first-order valence-electron chi connectivity index (χ1n) is 9.69. The van der Waals surface area contributed by atoms with Gasteiger partial charge in [0.1, 0.15) is 5.75 Å². The lowest BCUT2D eigenvalue weighted by molar-refractivity contribution is 0.0952. The molecule has 0 radical (unpaired) electrons. The number of hydrogen-bond acceptors (Lipinski definition) is 3. The summed E-state index contributed by atoms with van der Waals surface area (Å²) < 4.78 is 6.77. The monoisotopic (exact) mass is 398 g/mol. The van der Waals surface area contributed by atoms with Crippen molar-refractivity contribution in [3.8, 4) is 11.4 Å². The average Bonchev–Trinajstić information content (AvgIpc) is 2.79. The molecule has 0 unspecified atom stereocenters. The van der Waals surface area contributed by atoms with E-state index in [1.807, 2.05) is 55.5 Å². The number of methoxy groups -OCH3 is 1. The van der Waals surface area contributed by atoms with Crippen LogP contribution in [0, 0.1) is 6.92 Å². The second-order valence-electron chi connectivity index (χ2n) is 7.13. The molecular formula is C25H22N2O3. The highest BCUT2D eigenvalue weighted by Gasteiger charge is 2.15. The lowest BCUT2D eigenvalue weighted by atomic mass is 10.1. The van der Waals surface area contributed by atoms with Crippen molar-refractivity contribution in [1.29, 1.82) is 0 Å². The Morgan fingerprint density at radius 2 is 1.70 bits per heavy atom. The highest BCUT2D eigenvalue weighted by atomic mass is 16.5. The Morgan fingerprint density at radius 3 is 2.43 bits per heavy atom. The molecular weight excluding hydrogens is 376 g/mol. The molecule has 0 fully saturated rings. The maximum Gasteiger partial charge on any atom is 0.262 e. The fourth-order valence-corrected chi connectivity index (χ4v) is 3.41. The molecule has 5 heteroatoms. The first-order valence-corrected chi connectivity index (χ1v) is 9.69. The standard InChI is InChI=1S/C25H22N2O3/c1-17-10-12-18(13-11-17)15-26-24(28)23-16-27(19-6-5-7-20(14-19)30-2)25(29)22-9-4-3-8-21(22)23/h3-14,16H,15H2,1-2H3,(H,26,28).